The van der Waals surface area contributed by atoms with E-state index in [1.54, 1.807) is 29.2 Å². The van der Waals surface area contributed by atoms with Crippen LogP contribution in [0.3, 0.4) is 0 Å². The monoisotopic (exact) mass is 319 g/mol. The van der Waals surface area contributed by atoms with Crippen LogP contribution in [0.4, 0.5) is 5.69 Å². The number of nitrogens with zero attached hydrogens (tertiary/aromatic N) is 2. The lowest BCUT2D eigenvalue weighted by Gasteiger charge is -2.33. The van der Waals surface area contributed by atoms with Crippen LogP contribution in [0.2, 0.25) is 0 Å². The number of hydrogen-bond donors (Lipinski definition) is 1. The van der Waals surface area contributed by atoms with Crippen molar-refractivity contribution >= 4 is 34.0 Å². The Kier molecular flexibility index (Phi) is 5.38. The molecule has 6 nitrogen and oxygen atoms in total. The van der Waals surface area contributed by atoms with Crippen LogP contribution in [0.15, 0.2) is 24.3 Å². The summed E-state index contributed by atoms with van der Waals surface area (Å²) in [5.74, 6) is -0.147. The summed E-state index contributed by atoms with van der Waals surface area (Å²) in [6.45, 7) is 1.44. The second-order valence-electron chi connectivity index (χ2n) is 4.54. The van der Waals surface area contributed by atoms with Gasteiger partial charge in [-0.25, -0.2) is 8.42 Å². The highest BCUT2D eigenvalue weighted by atomic mass is 35.5. The van der Waals surface area contributed by atoms with E-state index in [1.807, 2.05) is 0 Å². The normalized spacial score (nSPS) is 16.6. The molecule has 1 amide bonds. The van der Waals surface area contributed by atoms with Gasteiger partial charge in [-0.15, -0.1) is 12.4 Å². The zero-order valence-electron chi connectivity index (χ0n) is 11.2. The van der Waals surface area contributed by atoms with E-state index in [2.05, 4.69) is 0 Å². The number of rotatable bonds is 2. The molecular formula is C12H18ClN3O3S. The first kappa shape index (κ1) is 16.7. The van der Waals surface area contributed by atoms with Crippen molar-refractivity contribution in [2.24, 2.45) is 0 Å². The molecule has 0 unspecified atom stereocenters. The SMILES string of the molecule is CS(=O)(=O)N1CCN(C(=O)c2ccccc2N)CC1.Cl. The van der Waals surface area contributed by atoms with Crippen LogP contribution in [0.1, 0.15) is 10.4 Å². The molecule has 1 aliphatic rings. The molecule has 1 fully saturated rings. The largest absolute Gasteiger partial charge is 0.398 e. The minimum Gasteiger partial charge on any atom is -0.398 e. The molecule has 0 aromatic heterocycles. The Morgan fingerprint density at radius 2 is 1.70 bits per heavy atom. The standard InChI is InChI=1S/C12H17N3O3S.ClH/c1-19(17,18)15-8-6-14(7-9-15)12(16)10-4-2-3-5-11(10)13;/h2-5H,6-9,13H2,1H3;1H. The maximum absolute atomic E-state index is 12.3. The van der Waals surface area contributed by atoms with Crippen LogP contribution in [0, 0.1) is 0 Å². The van der Waals surface area contributed by atoms with Gasteiger partial charge in [0, 0.05) is 31.9 Å². The van der Waals surface area contributed by atoms with E-state index in [9.17, 15) is 13.2 Å². The van der Waals surface area contributed by atoms with Crippen molar-refractivity contribution in [2.45, 2.75) is 0 Å². The fourth-order valence-electron chi connectivity index (χ4n) is 2.08. The van der Waals surface area contributed by atoms with Gasteiger partial charge in [0.15, 0.2) is 0 Å². The van der Waals surface area contributed by atoms with Gasteiger partial charge < -0.3 is 10.6 Å². The molecule has 0 radical (unpaired) electrons. The molecule has 0 atom stereocenters. The molecule has 1 heterocycles. The molecule has 1 aliphatic heterocycles. The quantitative estimate of drug-likeness (QED) is 0.800. The Morgan fingerprint density at radius 3 is 2.20 bits per heavy atom. The van der Waals surface area contributed by atoms with E-state index in [-0.39, 0.29) is 18.3 Å². The third-order valence-electron chi connectivity index (χ3n) is 3.19. The molecule has 0 bridgehead atoms. The molecule has 2 rings (SSSR count). The predicted octanol–water partition coefficient (Wildman–Crippen LogP) is 0.408. The van der Waals surface area contributed by atoms with Gasteiger partial charge in [0.1, 0.15) is 0 Å². The van der Waals surface area contributed by atoms with E-state index < -0.39 is 10.0 Å². The van der Waals surface area contributed by atoms with E-state index in [4.69, 9.17) is 5.73 Å². The van der Waals surface area contributed by atoms with Crippen molar-refractivity contribution in [2.75, 3.05) is 38.2 Å². The molecule has 0 saturated carbocycles. The highest BCUT2D eigenvalue weighted by molar-refractivity contribution is 7.88. The molecular weight excluding hydrogens is 302 g/mol. The van der Waals surface area contributed by atoms with Crippen LogP contribution >= 0.6 is 12.4 Å². The number of carbonyl (C=O) groups excluding carboxylic acids is 1. The zero-order valence-corrected chi connectivity index (χ0v) is 12.8. The van der Waals surface area contributed by atoms with Gasteiger partial charge in [-0.2, -0.15) is 4.31 Å². The molecule has 1 aromatic carbocycles. The first-order chi connectivity index (χ1) is 8.89. The zero-order chi connectivity index (χ0) is 14.0. The van der Waals surface area contributed by atoms with Crippen molar-refractivity contribution in [1.29, 1.82) is 0 Å². The van der Waals surface area contributed by atoms with Gasteiger partial charge in [-0.1, -0.05) is 12.1 Å². The maximum atomic E-state index is 12.3. The lowest BCUT2D eigenvalue weighted by Crippen LogP contribution is -2.50. The summed E-state index contributed by atoms with van der Waals surface area (Å²) in [4.78, 5) is 13.9. The van der Waals surface area contributed by atoms with Gasteiger partial charge in [0.05, 0.1) is 11.8 Å². The molecule has 112 valence electrons. The summed E-state index contributed by atoms with van der Waals surface area (Å²) in [6.07, 6.45) is 1.18. The van der Waals surface area contributed by atoms with E-state index in [0.29, 0.717) is 37.4 Å². The average Bonchev–Trinajstić information content (AvgIpc) is 2.38. The third kappa shape index (κ3) is 3.62. The Labute approximate surface area is 125 Å². The first-order valence-electron chi connectivity index (χ1n) is 5.98. The lowest BCUT2D eigenvalue weighted by atomic mass is 10.1. The molecule has 8 heteroatoms. The Balaban J connectivity index is 0.00000200. The number of halogens is 1. The number of carbonyl (C=O) groups is 1. The summed E-state index contributed by atoms with van der Waals surface area (Å²) < 4.78 is 24.2. The molecule has 1 aromatic rings. The lowest BCUT2D eigenvalue weighted by molar-refractivity contribution is 0.0699. The fourth-order valence-corrected chi connectivity index (χ4v) is 2.91. The Hall–Kier alpha value is -1.31. The highest BCUT2D eigenvalue weighted by Gasteiger charge is 2.27. The van der Waals surface area contributed by atoms with E-state index in [1.165, 1.54) is 10.6 Å². The topological polar surface area (TPSA) is 83.7 Å². The van der Waals surface area contributed by atoms with Crippen molar-refractivity contribution < 1.29 is 13.2 Å². The summed E-state index contributed by atoms with van der Waals surface area (Å²) in [7, 11) is -3.18. The number of amides is 1. The number of benzene rings is 1. The number of sulfonamides is 1. The number of nitrogen functional groups attached to an aromatic ring is 1. The highest BCUT2D eigenvalue weighted by Crippen LogP contribution is 2.15. The van der Waals surface area contributed by atoms with Crippen molar-refractivity contribution in [3.63, 3.8) is 0 Å². The minimum atomic E-state index is -3.18. The molecule has 20 heavy (non-hydrogen) atoms. The summed E-state index contributed by atoms with van der Waals surface area (Å²) >= 11 is 0. The average molecular weight is 320 g/mol. The smallest absolute Gasteiger partial charge is 0.256 e. The third-order valence-corrected chi connectivity index (χ3v) is 4.49. The molecule has 0 spiro atoms. The summed E-state index contributed by atoms with van der Waals surface area (Å²) in [5.41, 5.74) is 6.68. The first-order valence-corrected chi connectivity index (χ1v) is 7.83. The molecule has 0 aliphatic carbocycles. The van der Waals surface area contributed by atoms with Crippen LogP contribution in [-0.4, -0.2) is 56.0 Å². The fraction of sp³-hybridized carbons (Fsp3) is 0.417. The van der Waals surface area contributed by atoms with Gasteiger partial charge >= 0.3 is 0 Å². The Bertz CT molecular complexity index is 583. The van der Waals surface area contributed by atoms with Crippen molar-refractivity contribution in [1.82, 2.24) is 9.21 Å². The number of piperazine rings is 1. The Morgan fingerprint density at radius 1 is 1.15 bits per heavy atom. The molecule has 2 N–H and O–H groups in total. The summed E-state index contributed by atoms with van der Waals surface area (Å²) in [5, 5.41) is 0. The number of nitrogens with two attached hydrogens (primary N) is 1. The number of anilines is 1. The van der Waals surface area contributed by atoms with E-state index in [0.717, 1.165) is 0 Å². The predicted molar refractivity (Wildman–Crippen MR) is 80.4 cm³/mol. The van der Waals surface area contributed by atoms with Crippen molar-refractivity contribution in [3.8, 4) is 0 Å². The van der Waals surface area contributed by atoms with Gasteiger partial charge in [0.25, 0.3) is 5.91 Å². The second-order valence-corrected chi connectivity index (χ2v) is 6.52. The van der Waals surface area contributed by atoms with Crippen molar-refractivity contribution in [3.05, 3.63) is 29.8 Å². The summed E-state index contributed by atoms with van der Waals surface area (Å²) in [6, 6.07) is 6.89. The van der Waals surface area contributed by atoms with Crippen LogP contribution in [-0.2, 0) is 10.0 Å². The van der Waals surface area contributed by atoms with Crippen LogP contribution < -0.4 is 5.73 Å². The van der Waals surface area contributed by atoms with Crippen LogP contribution in [0.5, 0.6) is 0 Å². The van der Waals surface area contributed by atoms with Gasteiger partial charge in [-0.3, -0.25) is 4.79 Å². The van der Waals surface area contributed by atoms with Gasteiger partial charge in [0.2, 0.25) is 10.0 Å². The minimum absolute atomic E-state index is 0. The van der Waals surface area contributed by atoms with Gasteiger partial charge in [-0.05, 0) is 12.1 Å². The second kappa shape index (κ2) is 6.43. The number of para-hydroxylation sites is 1. The maximum Gasteiger partial charge on any atom is 0.256 e. The number of hydrogen-bond acceptors (Lipinski definition) is 4. The van der Waals surface area contributed by atoms with Crippen LogP contribution in [0.25, 0.3) is 0 Å². The van der Waals surface area contributed by atoms with E-state index >= 15 is 0 Å². The molecule has 1 saturated heterocycles.